The number of halogens is 1. The second-order valence-electron chi connectivity index (χ2n) is 4.22. The fourth-order valence-corrected chi connectivity index (χ4v) is 1.70. The number of nitrogen functional groups attached to an aromatic ring is 1. The van der Waals surface area contributed by atoms with Gasteiger partial charge in [0.05, 0.1) is 0 Å². The summed E-state index contributed by atoms with van der Waals surface area (Å²) >= 11 is 5.79. The molecule has 0 radical (unpaired) electrons. The highest BCUT2D eigenvalue weighted by atomic mass is 35.5. The molecule has 0 aliphatic carbocycles. The predicted octanol–water partition coefficient (Wildman–Crippen LogP) is 3.63. The number of ether oxygens (including phenoxy) is 1. The summed E-state index contributed by atoms with van der Waals surface area (Å²) in [5.74, 6) is 1.58. The van der Waals surface area contributed by atoms with Crippen LogP contribution in [0.4, 0.5) is 5.95 Å². The smallest absolute Gasteiger partial charge is 0.225 e. The van der Waals surface area contributed by atoms with Gasteiger partial charge in [0.1, 0.15) is 10.9 Å². The van der Waals surface area contributed by atoms with Gasteiger partial charge in [0.15, 0.2) is 0 Å². The topological polar surface area (TPSA) is 61.0 Å². The monoisotopic (exact) mass is 263 g/mol. The Morgan fingerprint density at radius 1 is 1.22 bits per heavy atom. The molecule has 0 aliphatic rings. The highest BCUT2D eigenvalue weighted by Gasteiger charge is 2.05. The molecule has 2 N–H and O–H groups in total. The highest BCUT2D eigenvalue weighted by molar-refractivity contribution is 6.29. The van der Waals surface area contributed by atoms with Crippen molar-refractivity contribution in [3.8, 4) is 11.6 Å². The van der Waals surface area contributed by atoms with Gasteiger partial charge >= 0.3 is 0 Å². The van der Waals surface area contributed by atoms with Crippen LogP contribution in [0.25, 0.3) is 0 Å². The fourth-order valence-electron chi connectivity index (χ4n) is 1.52. The molecule has 0 amide bonds. The van der Waals surface area contributed by atoms with E-state index in [1.54, 1.807) is 0 Å². The molecule has 4 nitrogen and oxygen atoms in total. The minimum Gasteiger partial charge on any atom is -0.439 e. The average Bonchev–Trinajstić information content (AvgIpc) is 2.27. The molecular formula is C13H14ClN3O. The van der Waals surface area contributed by atoms with Crippen LogP contribution in [0.3, 0.4) is 0 Å². The summed E-state index contributed by atoms with van der Waals surface area (Å²) in [5, 5.41) is 0.262. The molecule has 0 aliphatic heterocycles. The number of rotatable bonds is 3. The molecular weight excluding hydrogens is 250 g/mol. The summed E-state index contributed by atoms with van der Waals surface area (Å²) in [6.07, 6.45) is 0. The zero-order valence-corrected chi connectivity index (χ0v) is 11.0. The normalized spacial score (nSPS) is 10.7. The van der Waals surface area contributed by atoms with E-state index in [4.69, 9.17) is 22.1 Å². The Kier molecular flexibility index (Phi) is 3.67. The van der Waals surface area contributed by atoms with Crippen LogP contribution in [0.15, 0.2) is 30.3 Å². The molecule has 2 rings (SSSR count). The minimum absolute atomic E-state index is 0.0949. The molecule has 1 aromatic heterocycles. The molecule has 1 heterocycles. The van der Waals surface area contributed by atoms with Crippen LogP contribution >= 0.6 is 11.6 Å². The fraction of sp³-hybridized carbons (Fsp3) is 0.231. The predicted molar refractivity (Wildman–Crippen MR) is 72.1 cm³/mol. The SMILES string of the molecule is CC(C)c1cccc(Oc2cc(Cl)nc(N)n2)c1. The zero-order valence-electron chi connectivity index (χ0n) is 10.2. The molecule has 94 valence electrons. The number of nitrogens with zero attached hydrogens (tertiary/aromatic N) is 2. The van der Waals surface area contributed by atoms with E-state index in [-0.39, 0.29) is 11.1 Å². The van der Waals surface area contributed by atoms with E-state index in [0.717, 1.165) is 0 Å². The van der Waals surface area contributed by atoms with E-state index >= 15 is 0 Å². The van der Waals surface area contributed by atoms with Gasteiger partial charge in [-0.25, -0.2) is 4.98 Å². The Bertz CT molecular complexity index is 537. The lowest BCUT2D eigenvalue weighted by Gasteiger charge is -2.09. The highest BCUT2D eigenvalue weighted by Crippen LogP contribution is 2.25. The van der Waals surface area contributed by atoms with Gasteiger partial charge in [-0.1, -0.05) is 37.6 Å². The first-order valence-corrected chi connectivity index (χ1v) is 6.00. The van der Waals surface area contributed by atoms with Crippen molar-refractivity contribution in [1.29, 1.82) is 0 Å². The number of nitrogens with two attached hydrogens (primary N) is 1. The lowest BCUT2D eigenvalue weighted by Crippen LogP contribution is -1.97. The average molecular weight is 264 g/mol. The number of benzene rings is 1. The van der Waals surface area contributed by atoms with E-state index in [1.165, 1.54) is 11.6 Å². The Labute approximate surface area is 111 Å². The number of aromatic nitrogens is 2. The quantitative estimate of drug-likeness (QED) is 0.859. The summed E-state index contributed by atoms with van der Waals surface area (Å²) in [4.78, 5) is 7.74. The van der Waals surface area contributed by atoms with Gasteiger partial charge in [0.25, 0.3) is 0 Å². The molecule has 0 bridgehead atoms. The molecule has 0 unspecified atom stereocenters. The maximum absolute atomic E-state index is 5.79. The maximum Gasteiger partial charge on any atom is 0.225 e. The minimum atomic E-state index is 0.0949. The lowest BCUT2D eigenvalue weighted by molar-refractivity contribution is 0.461. The van der Waals surface area contributed by atoms with Crippen molar-refractivity contribution in [2.75, 3.05) is 5.73 Å². The third kappa shape index (κ3) is 3.11. The van der Waals surface area contributed by atoms with Crippen LogP contribution in [-0.2, 0) is 0 Å². The Hall–Kier alpha value is -1.81. The first-order valence-electron chi connectivity index (χ1n) is 5.62. The summed E-state index contributed by atoms with van der Waals surface area (Å²) in [7, 11) is 0. The number of anilines is 1. The van der Waals surface area contributed by atoms with Crippen LogP contribution in [0.5, 0.6) is 11.6 Å². The summed E-state index contributed by atoms with van der Waals surface area (Å²) < 4.78 is 5.62. The third-order valence-corrected chi connectivity index (χ3v) is 2.63. The van der Waals surface area contributed by atoms with Gasteiger partial charge in [-0.15, -0.1) is 0 Å². The van der Waals surface area contributed by atoms with Gasteiger partial charge in [0, 0.05) is 6.07 Å². The van der Waals surface area contributed by atoms with Gasteiger partial charge < -0.3 is 10.5 Å². The molecule has 0 spiro atoms. The maximum atomic E-state index is 5.79. The molecule has 0 saturated carbocycles. The van der Waals surface area contributed by atoms with Gasteiger partial charge in [-0.2, -0.15) is 4.98 Å². The Balaban J connectivity index is 2.25. The van der Waals surface area contributed by atoms with Crippen molar-refractivity contribution in [3.63, 3.8) is 0 Å². The van der Waals surface area contributed by atoms with Crippen LogP contribution in [0.1, 0.15) is 25.3 Å². The van der Waals surface area contributed by atoms with Crippen LogP contribution in [-0.4, -0.2) is 9.97 Å². The molecule has 0 atom stereocenters. The first kappa shape index (κ1) is 12.6. The lowest BCUT2D eigenvalue weighted by atomic mass is 10.0. The third-order valence-electron chi connectivity index (χ3n) is 2.44. The van der Waals surface area contributed by atoms with Gasteiger partial charge in [-0.3, -0.25) is 0 Å². The summed E-state index contributed by atoms with van der Waals surface area (Å²) in [5.41, 5.74) is 6.70. The Morgan fingerprint density at radius 3 is 2.67 bits per heavy atom. The van der Waals surface area contributed by atoms with Crippen LogP contribution in [0, 0.1) is 0 Å². The summed E-state index contributed by atoms with van der Waals surface area (Å²) in [6, 6.07) is 9.35. The van der Waals surface area contributed by atoms with Crippen LogP contribution < -0.4 is 10.5 Å². The van der Waals surface area contributed by atoms with Gasteiger partial charge in [-0.05, 0) is 23.6 Å². The van der Waals surface area contributed by atoms with E-state index in [9.17, 15) is 0 Å². The van der Waals surface area contributed by atoms with E-state index in [1.807, 2.05) is 18.2 Å². The van der Waals surface area contributed by atoms with Crippen molar-refractivity contribution >= 4 is 17.5 Å². The largest absolute Gasteiger partial charge is 0.439 e. The van der Waals surface area contributed by atoms with E-state index in [2.05, 4.69) is 29.9 Å². The van der Waals surface area contributed by atoms with E-state index in [0.29, 0.717) is 17.5 Å². The molecule has 2 aromatic rings. The van der Waals surface area contributed by atoms with E-state index < -0.39 is 0 Å². The molecule has 0 saturated heterocycles. The number of hydrogen-bond donors (Lipinski definition) is 1. The van der Waals surface area contributed by atoms with Crippen molar-refractivity contribution in [2.45, 2.75) is 19.8 Å². The second-order valence-corrected chi connectivity index (χ2v) is 4.60. The molecule has 1 aromatic carbocycles. The van der Waals surface area contributed by atoms with Crippen LogP contribution in [0.2, 0.25) is 5.15 Å². The summed E-state index contributed by atoms with van der Waals surface area (Å²) in [6.45, 7) is 4.25. The van der Waals surface area contributed by atoms with Crippen molar-refractivity contribution in [2.24, 2.45) is 0 Å². The Morgan fingerprint density at radius 2 is 2.00 bits per heavy atom. The molecule has 18 heavy (non-hydrogen) atoms. The zero-order chi connectivity index (χ0) is 13.1. The van der Waals surface area contributed by atoms with Crippen molar-refractivity contribution in [3.05, 3.63) is 41.0 Å². The van der Waals surface area contributed by atoms with Gasteiger partial charge in [0.2, 0.25) is 11.8 Å². The van der Waals surface area contributed by atoms with Crippen molar-refractivity contribution in [1.82, 2.24) is 9.97 Å². The molecule has 5 heteroatoms. The number of hydrogen-bond acceptors (Lipinski definition) is 4. The van der Waals surface area contributed by atoms with Crippen molar-refractivity contribution < 1.29 is 4.74 Å². The second kappa shape index (κ2) is 5.23. The molecule has 0 fully saturated rings. The first-order chi connectivity index (χ1) is 8.54. The standard InChI is InChI=1S/C13H14ClN3O/c1-8(2)9-4-3-5-10(6-9)18-12-7-11(14)16-13(15)17-12/h3-8H,1-2H3,(H2,15,16,17).